The summed E-state index contributed by atoms with van der Waals surface area (Å²) < 4.78 is 0. The number of hydrogen-bond donors (Lipinski definition) is 0. The second kappa shape index (κ2) is 2.24. The Labute approximate surface area is 74.8 Å². The van der Waals surface area contributed by atoms with Crippen LogP contribution in [-0.4, -0.2) is 22.7 Å². The Morgan fingerprint density at radius 1 is 1.33 bits per heavy atom. The van der Waals surface area contributed by atoms with E-state index in [1.807, 2.05) is 0 Å². The Morgan fingerprint density at radius 2 is 1.83 bits per heavy atom. The highest BCUT2D eigenvalue weighted by Crippen LogP contribution is 2.45. The minimum absolute atomic E-state index is 0.0772. The summed E-state index contributed by atoms with van der Waals surface area (Å²) >= 11 is 0. The van der Waals surface area contributed by atoms with Crippen LogP contribution in [0, 0.1) is 5.92 Å². The summed E-state index contributed by atoms with van der Waals surface area (Å²) in [6.45, 7) is 9.94. The molecule has 2 nitrogen and oxygen atoms in total. The molecule has 1 unspecified atom stereocenters. The fraction of sp³-hybridized carbons (Fsp3) is 1.00. The van der Waals surface area contributed by atoms with Gasteiger partial charge in [0.1, 0.15) is 0 Å². The lowest BCUT2D eigenvalue weighted by atomic mass is 10.0. The second-order valence-electron chi connectivity index (χ2n) is 5.32. The van der Waals surface area contributed by atoms with Gasteiger partial charge in [0.25, 0.3) is 0 Å². The van der Waals surface area contributed by atoms with Crippen molar-refractivity contribution in [2.75, 3.05) is 6.54 Å². The summed E-state index contributed by atoms with van der Waals surface area (Å²) in [5, 5.41) is 2.10. The van der Waals surface area contributed by atoms with E-state index in [0.717, 1.165) is 12.5 Å². The maximum absolute atomic E-state index is 5.92. The number of hydrogen-bond acceptors (Lipinski definition) is 2. The molecule has 70 valence electrons. The number of nitrogens with zero attached hydrogens (tertiary/aromatic N) is 1. The van der Waals surface area contributed by atoms with Crippen LogP contribution in [0.15, 0.2) is 0 Å². The summed E-state index contributed by atoms with van der Waals surface area (Å²) in [6.07, 6.45) is 2.70. The van der Waals surface area contributed by atoms with Crippen LogP contribution in [0.4, 0.5) is 0 Å². The largest absolute Gasteiger partial charge is 0.292 e. The van der Waals surface area contributed by atoms with Gasteiger partial charge in [-0.2, -0.15) is 5.06 Å². The molecule has 0 N–H and O–H groups in total. The molecule has 12 heavy (non-hydrogen) atoms. The van der Waals surface area contributed by atoms with Crippen LogP contribution in [0.25, 0.3) is 0 Å². The highest BCUT2D eigenvalue weighted by molar-refractivity contribution is 4.97. The second-order valence-corrected chi connectivity index (χ2v) is 5.32. The third kappa shape index (κ3) is 1.50. The van der Waals surface area contributed by atoms with Crippen molar-refractivity contribution in [3.63, 3.8) is 0 Å². The van der Waals surface area contributed by atoms with E-state index in [-0.39, 0.29) is 5.60 Å². The van der Waals surface area contributed by atoms with E-state index in [1.54, 1.807) is 0 Å². The third-order valence-corrected chi connectivity index (χ3v) is 3.01. The molecule has 0 aromatic carbocycles. The zero-order chi connectivity index (χ0) is 8.98. The van der Waals surface area contributed by atoms with Crippen LogP contribution in [0.5, 0.6) is 0 Å². The molecule has 0 spiro atoms. The van der Waals surface area contributed by atoms with Gasteiger partial charge in [-0.15, -0.1) is 0 Å². The first-order valence-electron chi connectivity index (χ1n) is 4.89. The average molecular weight is 169 g/mol. The van der Waals surface area contributed by atoms with Crippen molar-refractivity contribution in [1.29, 1.82) is 0 Å². The van der Waals surface area contributed by atoms with Crippen LogP contribution < -0.4 is 0 Å². The maximum atomic E-state index is 5.92. The standard InChI is InChI=1S/C10H19NO/c1-9(2)7-11(9)12-10(3,4)8-5-6-8/h8H,5-7H2,1-4H3. The molecule has 1 saturated carbocycles. The molecule has 0 aromatic rings. The van der Waals surface area contributed by atoms with Crippen LogP contribution in [0.2, 0.25) is 0 Å². The molecule has 1 saturated heterocycles. The van der Waals surface area contributed by atoms with Crippen molar-refractivity contribution < 1.29 is 4.84 Å². The minimum atomic E-state index is 0.0772. The predicted molar refractivity (Wildman–Crippen MR) is 48.7 cm³/mol. The van der Waals surface area contributed by atoms with Crippen molar-refractivity contribution in [1.82, 2.24) is 5.06 Å². The third-order valence-electron chi connectivity index (χ3n) is 3.01. The molecule has 1 atom stereocenters. The monoisotopic (exact) mass is 169 g/mol. The van der Waals surface area contributed by atoms with Gasteiger partial charge >= 0.3 is 0 Å². The van der Waals surface area contributed by atoms with E-state index >= 15 is 0 Å². The highest BCUT2D eigenvalue weighted by Gasteiger charge is 2.50. The first-order chi connectivity index (χ1) is 5.42. The predicted octanol–water partition coefficient (Wildman–Crippen LogP) is 2.20. The molecule has 2 heteroatoms. The van der Waals surface area contributed by atoms with Crippen molar-refractivity contribution in [3.8, 4) is 0 Å². The Bertz CT molecular complexity index is 194. The fourth-order valence-corrected chi connectivity index (χ4v) is 1.61. The SMILES string of the molecule is CC(C)(ON1CC1(C)C)C1CC1. The molecule has 0 aromatic heterocycles. The topological polar surface area (TPSA) is 12.2 Å². The lowest BCUT2D eigenvalue weighted by Gasteiger charge is -2.26. The molecule has 1 aliphatic heterocycles. The van der Waals surface area contributed by atoms with Crippen molar-refractivity contribution in [2.45, 2.75) is 51.7 Å². The summed E-state index contributed by atoms with van der Waals surface area (Å²) in [6, 6.07) is 0. The Morgan fingerprint density at radius 3 is 2.17 bits per heavy atom. The van der Waals surface area contributed by atoms with Crippen molar-refractivity contribution >= 4 is 0 Å². The number of rotatable bonds is 3. The molecular formula is C10H19NO. The van der Waals surface area contributed by atoms with E-state index in [0.29, 0.717) is 5.54 Å². The maximum Gasteiger partial charge on any atom is 0.0872 e. The first kappa shape index (κ1) is 8.52. The molecular weight excluding hydrogens is 150 g/mol. The van der Waals surface area contributed by atoms with Gasteiger partial charge in [-0.3, -0.25) is 4.84 Å². The van der Waals surface area contributed by atoms with Crippen LogP contribution >= 0.6 is 0 Å². The van der Waals surface area contributed by atoms with E-state index in [4.69, 9.17) is 4.84 Å². The quantitative estimate of drug-likeness (QED) is 0.600. The van der Waals surface area contributed by atoms with Crippen LogP contribution in [-0.2, 0) is 4.84 Å². The molecule has 1 heterocycles. The van der Waals surface area contributed by atoms with Crippen molar-refractivity contribution in [2.24, 2.45) is 5.92 Å². The minimum Gasteiger partial charge on any atom is -0.292 e. The smallest absolute Gasteiger partial charge is 0.0872 e. The zero-order valence-electron chi connectivity index (χ0n) is 8.55. The Hall–Kier alpha value is -0.0800. The molecule has 2 fully saturated rings. The summed E-state index contributed by atoms with van der Waals surface area (Å²) in [5.41, 5.74) is 0.375. The van der Waals surface area contributed by atoms with Gasteiger partial charge in [-0.05, 0) is 46.5 Å². The van der Waals surface area contributed by atoms with E-state index in [1.165, 1.54) is 12.8 Å². The van der Waals surface area contributed by atoms with Gasteiger partial charge < -0.3 is 0 Å². The van der Waals surface area contributed by atoms with Crippen molar-refractivity contribution in [3.05, 3.63) is 0 Å². The first-order valence-corrected chi connectivity index (χ1v) is 4.89. The Balaban J connectivity index is 1.86. The summed E-state index contributed by atoms with van der Waals surface area (Å²) in [5.74, 6) is 0.800. The van der Waals surface area contributed by atoms with E-state index in [9.17, 15) is 0 Å². The lowest BCUT2D eigenvalue weighted by Crippen LogP contribution is -2.31. The van der Waals surface area contributed by atoms with Gasteiger partial charge in [-0.25, -0.2) is 0 Å². The Kier molecular flexibility index (Phi) is 1.59. The lowest BCUT2D eigenvalue weighted by molar-refractivity contribution is -0.190. The van der Waals surface area contributed by atoms with Gasteiger partial charge in [0.15, 0.2) is 0 Å². The summed E-state index contributed by atoms with van der Waals surface area (Å²) in [7, 11) is 0. The molecule has 2 rings (SSSR count). The molecule has 0 amide bonds. The van der Waals surface area contributed by atoms with Crippen LogP contribution in [0.3, 0.4) is 0 Å². The number of hydroxylamine groups is 2. The molecule has 2 aliphatic rings. The molecule has 1 aliphatic carbocycles. The normalized spacial score (nSPS) is 33.5. The highest BCUT2D eigenvalue weighted by atomic mass is 16.7. The summed E-state index contributed by atoms with van der Waals surface area (Å²) in [4.78, 5) is 5.92. The zero-order valence-corrected chi connectivity index (χ0v) is 8.55. The molecule has 0 bridgehead atoms. The average Bonchev–Trinajstić information content (AvgIpc) is 2.68. The van der Waals surface area contributed by atoms with E-state index in [2.05, 4.69) is 32.8 Å². The fourth-order valence-electron chi connectivity index (χ4n) is 1.61. The van der Waals surface area contributed by atoms with Gasteiger partial charge in [0.05, 0.1) is 11.1 Å². The van der Waals surface area contributed by atoms with Crippen LogP contribution in [0.1, 0.15) is 40.5 Å². The van der Waals surface area contributed by atoms with Gasteiger partial charge in [0.2, 0.25) is 0 Å². The van der Waals surface area contributed by atoms with Gasteiger partial charge in [-0.1, -0.05) is 0 Å². The molecule has 0 radical (unpaired) electrons. The van der Waals surface area contributed by atoms with E-state index < -0.39 is 0 Å². The van der Waals surface area contributed by atoms with Gasteiger partial charge in [0, 0.05) is 6.54 Å².